The summed E-state index contributed by atoms with van der Waals surface area (Å²) in [4.78, 5) is 8.24. The molecule has 2 aliphatic carbocycles. The quantitative estimate of drug-likeness (QED) is 0.446. The summed E-state index contributed by atoms with van der Waals surface area (Å²) < 4.78 is 5.69. The molecule has 2 aliphatic heterocycles. The van der Waals surface area contributed by atoms with E-state index in [0.29, 0.717) is 16.6 Å². The zero-order valence-electron chi connectivity index (χ0n) is 17.2. The van der Waals surface area contributed by atoms with Crippen molar-refractivity contribution in [3.05, 3.63) is 56.6 Å². The van der Waals surface area contributed by atoms with Gasteiger partial charge in [0.1, 0.15) is 11.5 Å². The van der Waals surface area contributed by atoms with E-state index in [0.717, 1.165) is 47.4 Å². The Bertz CT molecular complexity index is 1000. The van der Waals surface area contributed by atoms with Crippen LogP contribution in [-0.4, -0.2) is 29.5 Å². The molecule has 1 N–H and O–H groups in total. The molecule has 0 radical (unpaired) electrons. The van der Waals surface area contributed by atoms with E-state index in [1.807, 2.05) is 18.3 Å². The lowest BCUT2D eigenvalue weighted by atomic mass is 10.1. The Balaban J connectivity index is 0.000000126. The molecule has 2 aromatic rings. The van der Waals surface area contributed by atoms with Gasteiger partial charge >= 0.3 is 0 Å². The smallest absolute Gasteiger partial charge is 0.138 e. The average Bonchev–Trinajstić information content (AvgIpc) is 3.68. The molecule has 0 aromatic heterocycles. The van der Waals surface area contributed by atoms with E-state index in [1.54, 1.807) is 18.3 Å². The molecule has 0 amide bonds. The Morgan fingerprint density at radius 3 is 2.00 bits per heavy atom. The molecule has 2 fully saturated rings. The van der Waals surface area contributed by atoms with Gasteiger partial charge in [0.25, 0.3) is 0 Å². The van der Waals surface area contributed by atoms with Gasteiger partial charge in [-0.25, -0.2) is 0 Å². The monoisotopic (exact) mass is 522 g/mol. The standard InChI is InChI=1S/C12H12ClNO.C8H6ClNO.C4H7Br/c13-11-3-9-5-14-6-10(9)4-12(11)15-7-8-1-2-8;9-7-1-5-3-10-4-6(5)2-8(7)11;5-3-4-1-2-4/h3-4,6,8H,1-2,5,7H2;1-2,4,11H,3H2;4H,1-3H2. The van der Waals surface area contributed by atoms with Crippen molar-refractivity contribution in [2.45, 2.75) is 38.8 Å². The number of rotatable bonds is 4. The fraction of sp³-hybridized carbons (Fsp3) is 0.417. The molecule has 0 atom stereocenters. The van der Waals surface area contributed by atoms with Gasteiger partial charge in [-0.05, 0) is 72.9 Å². The van der Waals surface area contributed by atoms with Crippen molar-refractivity contribution < 1.29 is 9.84 Å². The number of ether oxygens (including phenoxy) is 1. The summed E-state index contributed by atoms with van der Waals surface area (Å²) in [5.74, 6) is 2.73. The number of phenolic OH excluding ortho intramolecular Hbond substituents is 1. The van der Waals surface area contributed by atoms with Crippen molar-refractivity contribution in [2.75, 3.05) is 11.9 Å². The summed E-state index contributed by atoms with van der Waals surface area (Å²) in [6.45, 7) is 2.23. The van der Waals surface area contributed by atoms with Gasteiger partial charge in [0, 0.05) is 28.9 Å². The Kier molecular flexibility index (Phi) is 7.57. The van der Waals surface area contributed by atoms with Gasteiger partial charge in [-0.15, -0.1) is 0 Å². The van der Waals surface area contributed by atoms with Crippen molar-refractivity contribution in [2.24, 2.45) is 21.8 Å². The molecule has 164 valence electrons. The van der Waals surface area contributed by atoms with Crippen LogP contribution < -0.4 is 4.74 Å². The maximum Gasteiger partial charge on any atom is 0.138 e. The molecule has 0 bridgehead atoms. The Hall–Kier alpha value is -1.56. The van der Waals surface area contributed by atoms with Crippen molar-refractivity contribution in [3.63, 3.8) is 0 Å². The topological polar surface area (TPSA) is 54.2 Å². The third-order valence-electron chi connectivity index (χ3n) is 5.47. The van der Waals surface area contributed by atoms with Crippen LogP contribution in [0.1, 0.15) is 47.9 Å². The number of hydrogen-bond acceptors (Lipinski definition) is 4. The molecule has 31 heavy (non-hydrogen) atoms. The summed E-state index contributed by atoms with van der Waals surface area (Å²) in [7, 11) is 0. The lowest BCUT2D eigenvalue weighted by Crippen LogP contribution is -2.00. The highest BCUT2D eigenvalue weighted by Crippen LogP contribution is 2.34. The maximum atomic E-state index is 9.19. The fourth-order valence-corrected chi connectivity index (χ4v) is 4.18. The molecule has 0 spiro atoms. The number of benzene rings is 2. The number of aromatic hydroxyl groups is 1. The minimum absolute atomic E-state index is 0.124. The van der Waals surface area contributed by atoms with Crippen LogP contribution in [0, 0.1) is 11.8 Å². The molecule has 2 heterocycles. The van der Waals surface area contributed by atoms with E-state index in [2.05, 4.69) is 25.9 Å². The number of fused-ring (bicyclic) bond motifs is 2. The molecular formula is C24H25BrCl2N2O2. The van der Waals surface area contributed by atoms with Crippen LogP contribution in [0.2, 0.25) is 10.0 Å². The van der Waals surface area contributed by atoms with Crippen LogP contribution in [0.4, 0.5) is 0 Å². The van der Waals surface area contributed by atoms with E-state index in [-0.39, 0.29) is 5.75 Å². The summed E-state index contributed by atoms with van der Waals surface area (Å²) in [5, 5.41) is 11.5. The second-order valence-corrected chi connectivity index (χ2v) is 9.74. The minimum atomic E-state index is 0.124. The van der Waals surface area contributed by atoms with Gasteiger partial charge < -0.3 is 9.84 Å². The van der Waals surface area contributed by atoms with Crippen LogP contribution >= 0.6 is 39.1 Å². The number of halogens is 3. The van der Waals surface area contributed by atoms with E-state index >= 15 is 0 Å². The molecular weight excluding hydrogens is 499 g/mol. The average molecular weight is 524 g/mol. The van der Waals surface area contributed by atoms with Gasteiger partial charge in [0.2, 0.25) is 0 Å². The first kappa shape index (κ1) is 22.6. The van der Waals surface area contributed by atoms with Crippen molar-refractivity contribution in [3.8, 4) is 11.5 Å². The Morgan fingerprint density at radius 2 is 1.45 bits per heavy atom. The van der Waals surface area contributed by atoms with E-state index in [4.69, 9.17) is 27.9 Å². The first-order chi connectivity index (χ1) is 15.0. The summed E-state index contributed by atoms with van der Waals surface area (Å²) in [6.07, 6.45) is 9.14. The minimum Gasteiger partial charge on any atom is -0.506 e. The Morgan fingerprint density at radius 1 is 0.871 bits per heavy atom. The van der Waals surface area contributed by atoms with E-state index in [9.17, 15) is 5.11 Å². The predicted molar refractivity (Wildman–Crippen MR) is 132 cm³/mol. The zero-order valence-corrected chi connectivity index (χ0v) is 20.3. The van der Waals surface area contributed by atoms with Crippen LogP contribution in [0.3, 0.4) is 0 Å². The molecule has 2 aromatic carbocycles. The first-order valence-corrected chi connectivity index (χ1v) is 12.4. The largest absolute Gasteiger partial charge is 0.506 e. The van der Waals surface area contributed by atoms with Crippen LogP contribution in [0.15, 0.2) is 34.3 Å². The number of aliphatic imine (C=N–C) groups is 2. The number of nitrogens with zero attached hydrogens (tertiary/aromatic N) is 2. The summed E-state index contributed by atoms with van der Waals surface area (Å²) in [6, 6.07) is 7.34. The highest BCUT2D eigenvalue weighted by Gasteiger charge is 2.22. The van der Waals surface area contributed by atoms with Gasteiger partial charge in [-0.1, -0.05) is 39.1 Å². The number of phenols is 1. The van der Waals surface area contributed by atoms with Crippen molar-refractivity contribution >= 4 is 51.6 Å². The van der Waals surface area contributed by atoms with Gasteiger partial charge in [-0.2, -0.15) is 0 Å². The SMILES string of the molecule is BrCC1CC1.Clc1cc2c(cc1OCC1CC1)C=NC2.Oc1cc2c(cc1Cl)CN=C2. The van der Waals surface area contributed by atoms with E-state index < -0.39 is 0 Å². The number of alkyl halides is 1. The first-order valence-electron chi connectivity index (χ1n) is 10.6. The third-order valence-corrected chi connectivity index (χ3v) is 6.99. The van der Waals surface area contributed by atoms with Gasteiger partial charge in [-0.3, -0.25) is 9.98 Å². The lowest BCUT2D eigenvalue weighted by molar-refractivity contribution is 0.300. The lowest BCUT2D eigenvalue weighted by Gasteiger charge is -2.09. The maximum absolute atomic E-state index is 9.19. The fourth-order valence-electron chi connectivity index (χ4n) is 3.10. The molecule has 2 saturated carbocycles. The van der Waals surface area contributed by atoms with Crippen LogP contribution in [0.5, 0.6) is 11.5 Å². The molecule has 0 unspecified atom stereocenters. The number of hydrogen-bond donors (Lipinski definition) is 1. The van der Waals surface area contributed by atoms with Crippen LogP contribution in [-0.2, 0) is 13.1 Å². The van der Waals surface area contributed by atoms with Crippen LogP contribution in [0.25, 0.3) is 0 Å². The van der Waals surface area contributed by atoms with Gasteiger partial charge in [0.05, 0.1) is 29.7 Å². The van der Waals surface area contributed by atoms with Crippen molar-refractivity contribution in [1.82, 2.24) is 0 Å². The Labute approximate surface area is 201 Å². The summed E-state index contributed by atoms with van der Waals surface area (Å²) in [5.41, 5.74) is 4.38. The normalized spacial score (nSPS) is 17.3. The molecule has 0 saturated heterocycles. The predicted octanol–water partition coefficient (Wildman–Crippen LogP) is 6.83. The molecule has 4 nitrogen and oxygen atoms in total. The second kappa shape index (κ2) is 10.4. The second-order valence-electron chi connectivity index (χ2n) is 8.28. The van der Waals surface area contributed by atoms with Crippen molar-refractivity contribution in [1.29, 1.82) is 0 Å². The van der Waals surface area contributed by atoms with E-state index in [1.165, 1.54) is 36.6 Å². The zero-order chi connectivity index (χ0) is 21.8. The molecule has 7 heteroatoms. The van der Waals surface area contributed by atoms with Gasteiger partial charge in [0.15, 0.2) is 0 Å². The highest BCUT2D eigenvalue weighted by molar-refractivity contribution is 9.09. The summed E-state index contributed by atoms with van der Waals surface area (Å²) >= 11 is 15.2. The third kappa shape index (κ3) is 6.47. The molecule has 6 rings (SSSR count). The highest BCUT2D eigenvalue weighted by atomic mass is 79.9. The molecule has 4 aliphatic rings.